The molecule has 1 aromatic rings. The Bertz CT molecular complexity index is 504. The number of amides is 1. The predicted octanol–water partition coefficient (Wildman–Crippen LogP) is 1.42. The topological polar surface area (TPSA) is 68.2 Å². The Kier molecular flexibility index (Phi) is 7.16. The molecular formula is C15H27ClN4O2. The van der Waals surface area contributed by atoms with Gasteiger partial charge in [0.2, 0.25) is 11.8 Å². The number of aryl methyl sites for hydroxylation is 2. The zero-order valence-corrected chi connectivity index (χ0v) is 14.6. The van der Waals surface area contributed by atoms with Crippen LogP contribution < -0.4 is 15.4 Å². The van der Waals surface area contributed by atoms with Gasteiger partial charge in [-0.15, -0.1) is 12.4 Å². The van der Waals surface area contributed by atoms with E-state index in [1.807, 2.05) is 7.05 Å². The van der Waals surface area contributed by atoms with Crippen molar-refractivity contribution in [3.8, 4) is 5.88 Å². The summed E-state index contributed by atoms with van der Waals surface area (Å²) in [6, 6.07) is 0.411. The number of aromatic nitrogens is 2. The highest BCUT2D eigenvalue weighted by molar-refractivity contribution is 5.85. The molecule has 0 aliphatic carbocycles. The second-order valence-electron chi connectivity index (χ2n) is 5.71. The Hall–Kier alpha value is -1.27. The summed E-state index contributed by atoms with van der Waals surface area (Å²) in [4.78, 5) is 12.3. The average Bonchev–Trinajstić information content (AvgIpc) is 2.79. The summed E-state index contributed by atoms with van der Waals surface area (Å²) in [6.07, 6.45) is 2.63. The number of piperidine rings is 1. The molecule has 0 radical (unpaired) electrons. The van der Waals surface area contributed by atoms with Crippen LogP contribution in [-0.2, 0) is 24.8 Å². The Balaban J connectivity index is 0.00000242. The lowest BCUT2D eigenvalue weighted by Crippen LogP contribution is -2.42. The number of hydrogen-bond acceptors (Lipinski definition) is 4. The van der Waals surface area contributed by atoms with Crippen LogP contribution in [0.4, 0.5) is 0 Å². The molecule has 6 nitrogen and oxygen atoms in total. The molecule has 2 heterocycles. The van der Waals surface area contributed by atoms with Crippen LogP contribution in [0.1, 0.15) is 37.9 Å². The van der Waals surface area contributed by atoms with Crippen LogP contribution in [0, 0.1) is 5.92 Å². The molecule has 0 spiro atoms. The maximum Gasteiger partial charge on any atom is 0.223 e. The van der Waals surface area contributed by atoms with Crippen molar-refractivity contribution in [2.75, 3.05) is 13.7 Å². The van der Waals surface area contributed by atoms with Gasteiger partial charge in [0.25, 0.3) is 0 Å². The summed E-state index contributed by atoms with van der Waals surface area (Å²) >= 11 is 0. The SMILES string of the molecule is CCc1nn(C)c(OC)c1CNC(=O)[C@H]1CCN[C@@H](C)C1.Cl. The third kappa shape index (κ3) is 4.14. The minimum absolute atomic E-state index is 0. The molecule has 1 saturated heterocycles. The highest BCUT2D eigenvalue weighted by Crippen LogP contribution is 2.22. The number of rotatable bonds is 5. The van der Waals surface area contributed by atoms with Gasteiger partial charge < -0.3 is 15.4 Å². The van der Waals surface area contributed by atoms with Crippen LogP contribution in [0.25, 0.3) is 0 Å². The Morgan fingerprint density at radius 2 is 2.27 bits per heavy atom. The standard InChI is InChI=1S/C15H26N4O2.ClH/c1-5-13-12(15(21-4)19(3)18-13)9-17-14(20)11-6-7-16-10(2)8-11;/h10-11,16H,5-9H2,1-4H3,(H,17,20);1H/t10-,11-;/m0./s1. The van der Waals surface area contributed by atoms with Crippen molar-refractivity contribution in [2.45, 2.75) is 45.7 Å². The molecule has 1 aliphatic heterocycles. The summed E-state index contributed by atoms with van der Waals surface area (Å²) in [6.45, 7) is 5.58. The van der Waals surface area contributed by atoms with Gasteiger partial charge in [0.1, 0.15) is 0 Å². The molecule has 0 aromatic carbocycles. The molecule has 126 valence electrons. The van der Waals surface area contributed by atoms with Gasteiger partial charge in [-0.05, 0) is 32.7 Å². The predicted molar refractivity (Wildman–Crippen MR) is 88.4 cm³/mol. The number of methoxy groups -OCH3 is 1. The summed E-state index contributed by atoms with van der Waals surface area (Å²) in [5, 5.41) is 10.9. The van der Waals surface area contributed by atoms with Crippen molar-refractivity contribution in [2.24, 2.45) is 13.0 Å². The molecule has 2 atom stereocenters. The first-order valence-corrected chi connectivity index (χ1v) is 7.66. The third-order valence-electron chi connectivity index (χ3n) is 4.13. The van der Waals surface area contributed by atoms with Crippen molar-refractivity contribution in [1.82, 2.24) is 20.4 Å². The van der Waals surface area contributed by atoms with Gasteiger partial charge in [-0.25, -0.2) is 4.68 Å². The van der Waals surface area contributed by atoms with Gasteiger partial charge >= 0.3 is 0 Å². The van der Waals surface area contributed by atoms with Gasteiger partial charge in [0.15, 0.2) is 0 Å². The largest absolute Gasteiger partial charge is 0.481 e. The van der Waals surface area contributed by atoms with E-state index in [0.29, 0.717) is 12.6 Å². The lowest BCUT2D eigenvalue weighted by molar-refractivity contribution is -0.126. The molecule has 2 rings (SSSR count). The number of nitrogens with one attached hydrogen (secondary N) is 2. The number of carbonyl (C=O) groups excluding carboxylic acids is 1. The maximum absolute atomic E-state index is 12.3. The van der Waals surface area contributed by atoms with Gasteiger partial charge in [0, 0.05) is 25.6 Å². The number of ether oxygens (including phenoxy) is 1. The fourth-order valence-corrected chi connectivity index (χ4v) is 3.01. The molecule has 1 aromatic heterocycles. The molecule has 0 bridgehead atoms. The maximum atomic E-state index is 12.3. The minimum atomic E-state index is 0. The monoisotopic (exact) mass is 330 g/mol. The molecule has 2 N–H and O–H groups in total. The van der Waals surface area contributed by atoms with Crippen LogP contribution in [0.3, 0.4) is 0 Å². The highest BCUT2D eigenvalue weighted by atomic mass is 35.5. The summed E-state index contributed by atoms with van der Waals surface area (Å²) < 4.78 is 7.12. The van der Waals surface area contributed by atoms with Gasteiger partial charge in [-0.3, -0.25) is 4.79 Å². The summed E-state index contributed by atoms with van der Waals surface area (Å²) in [5.74, 6) is 0.969. The Labute approximate surface area is 138 Å². The number of carbonyl (C=O) groups is 1. The smallest absolute Gasteiger partial charge is 0.223 e. The fraction of sp³-hybridized carbons (Fsp3) is 0.733. The third-order valence-corrected chi connectivity index (χ3v) is 4.13. The van der Waals surface area contributed by atoms with Crippen LogP contribution >= 0.6 is 12.4 Å². The number of nitrogens with zero attached hydrogens (tertiary/aromatic N) is 2. The second-order valence-corrected chi connectivity index (χ2v) is 5.71. The second kappa shape index (κ2) is 8.39. The Morgan fingerprint density at radius 3 is 2.86 bits per heavy atom. The normalized spacial score (nSPS) is 21.1. The van der Waals surface area contributed by atoms with E-state index in [9.17, 15) is 4.79 Å². The quantitative estimate of drug-likeness (QED) is 0.856. The molecule has 22 heavy (non-hydrogen) atoms. The van der Waals surface area contributed by atoms with E-state index >= 15 is 0 Å². The van der Waals surface area contributed by atoms with Crippen molar-refractivity contribution in [3.63, 3.8) is 0 Å². The zero-order chi connectivity index (χ0) is 15.4. The van der Waals surface area contributed by atoms with Crippen molar-refractivity contribution in [3.05, 3.63) is 11.3 Å². The van der Waals surface area contributed by atoms with Gasteiger partial charge in [-0.2, -0.15) is 5.10 Å². The summed E-state index contributed by atoms with van der Waals surface area (Å²) in [5.41, 5.74) is 1.96. The van der Waals surface area contributed by atoms with E-state index in [4.69, 9.17) is 4.74 Å². The molecule has 1 aliphatic rings. The van der Waals surface area contributed by atoms with E-state index in [1.54, 1.807) is 11.8 Å². The van der Waals surface area contributed by atoms with E-state index in [0.717, 1.165) is 42.9 Å². The van der Waals surface area contributed by atoms with Crippen molar-refractivity contribution < 1.29 is 9.53 Å². The van der Waals surface area contributed by atoms with Crippen LogP contribution in [0.5, 0.6) is 5.88 Å². The molecular weight excluding hydrogens is 304 g/mol. The highest BCUT2D eigenvalue weighted by Gasteiger charge is 2.25. The van der Waals surface area contributed by atoms with Crippen molar-refractivity contribution in [1.29, 1.82) is 0 Å². The first-order chi connectivity index (χ1) is 10.1. The van der Waals surface area contributed by atoms with Crippen LogP contribution in [0.15, 0.2) is 0 Å². The van der Waals surface area contributed by atoms with Gasteiger partial charge in [-0.1, -0.05) is 6.92 Å². The average molecular weight is 331 g/mol. The molecule has 1 amide bonds. The first-order valence-electron chi connectivity index (χ1n) is 7.66. The van der Waals surface area contributed by atoms with Crippen molar-refractivity contribution >= 4 is 18.3 Å². The van der Waals surface area contributed by atoms with E-state index < -0.39 is 0 Å². The fourth-order valence-electron chi connectivity index (χ4n) is 3.01. The number of hydrogen-bond donors (Lipinski definition) is 2. The lowest BCUT2D eigenvalue weighted by atomic mass is 9.92. The zero-order valence-electron chi connectivity index (χ0n) is 13.8. The molecule has 1 fully saturated rings. The lowest BCUT2D eigenvalue weighted by Gasteiger charge is -2.27. The molecule has 0 unspecified atom stereocenters. The van der Waals surface area contributed by atoms with Crippen LogP contribution in [-0.4, -0.2) is 35.4 Å². The Morgan fingerprint density at radius 1 is 1.55 bits per heavy atom. The first kappa shape index (κ1) is 18.8. The van der Waals surface area contributed by atoms with Crippen LogP contribution in [0.2, 0.25) is 0 Å². The number of halogens is 1. The van der Waals surface area contributed by atoms with E-state index in [1.165, 1.54) is 0 Å². The summed E-state index contributed by atoms with van der Waals surface area (Å²) in [7, 11) is 3.49. The van der Waals surface area contributed by atoms with E-state index in [2.05, 4.69) is 29.6 Å². The van der Waals surface area contributed by atoms with E-state index in [-0.39, 0.29) is 24.2 Å². The minimum Gasteiger partial charge on any atom is -0.481 e. The van der Waals surface area contributed by atoms with Gasteiger partial charge in [0.05, 0.1) is 18.4 Å². The molecule has 0 saturated carbocycles. The molecule has 7 heteroatoms.